The Labute approximate surface area is 56.5 Å². The van der Waals surface area contributed by atoms with Crippen molar-refractivity contribution in [3.8, 4) is 6.07 Å². The van der Waals surface area contributed by atoms with Crippen LogP contribution in [0.4, 0.5) is 0 Å². The predicted octanol–water partition coefficient (Wildman–Crippen LogP) is 2.30. The van der Waals surface area contributed by atoms with Crippen molar-refractivity contribution in [3.05, 3.63) is 21.1 Å². The Morgan fingerprint density at radius 3 is 2.75 bits per heavy atom. The molecule has 0 aromatic heterocycles. The van der Waals surface area contributed by atoms with Crippen molar-refractivity contribution in [1.82, 2.24) is 0 Å². The summed E-state index contributed by atoms with van der Waals surface area (Å²) in [6, 6.07) is 2.06. The van der Waals surface area contributed by atoms with E-state index in [4.69, 9.17) is 5.26 Å². The number of hydrogen-bond donors (Lipinski definition) is 0. The molecule has 0 aromatic carbocycles. The van der Waals surface area contributed by atoms with E-state index in [1.54, 1.807) is 11.8 Å². The predicted molar refractivity (Wildman–Crippen MR) is 38.0 cm³/mol. The highest BCUT2D eigenvalue weighted by molar-refractivity contribution is 8.12. The Morgan fingerprint density at radius 1 is 1.50 bits per heavy atom. The summed E-state index contributed by atoms with van der Waals surface area (Å²) in [5, 5.41) is 14.0. The van der Waals surface area contributed by atoms with Gasteiger partial charge in [0, 0.05) is 0 Å². The average molecular weight is 141 g/mol. The molecule has 0 saturated carbocycles. The number of nitrogens with zero attached hydrogens (tertiary/aromatic N) is 1. The van der Waals surface area contributed by atoms with Gasteiger partial charge in [-0.15, -0.1) is 11.8 Å². The molecule has 0 spiro atoms. The van der Waals surface area contributed by atoms with Crippen molar-refractivity contribution in [3.63, 3.8) is 0 Å². The van der Waals surface area contributed by atoms with Gasteiger partial charge in [-0.05, 0) is 16.2 Å². The van der Waals surface area contributed by atoms with E-state index in [1.165, 1.54) is 11.8 Å². The van der Waals surface area contributed by atoms with Crippen LogP contribution in [0.1, 0.15) is 0 Å². The van der Waals surface area contributed by atoms with E-state index in [0.29, 0.717) is 0 Å². The monoisotopic (exact) mass is 141 g/mol. The van der Waals surface area contributed by atoms with Crippen molar-refractivity contribution in [2.75, 3.05) is 0 Å². The minimum absolute atomic E-state index is 0.775. The van der Waals surface area contributed by atoms with Gasteiger partial charge in [-0.1, -0.05) is 11.8 Å². The molecule has 0 atom stereocenters. The van der Waals surface area contributed by atoms with E-state index in [2.05, 4.69) is 6.07 Å². The molecule has 0 amide bonds. The van der Waals surface area contributed by atoms with Crippen LogP contribution in [0.15, 0.2) is 21.1 Å². The smallest absolute Gasteiger partial charge is 0.107 e. The van der Waals surface area contributed by atoms with Gasteiger partial charge in [0.15, 0.2) is 0 Å². The molecule has 0 aromatic rings. The van der Waals surface area contributed by atoms with E-state index in [9.17, 15) is 0 Å². The van der Waals surface area contributed by atoms with Crippen LogP contribution in [0.25, 0.3) is 0 Å². The first kappa shape index (κ1) is 5.80. The molecule has 1 nitrogen and oxygen atoms in total. The van der Waals surface area contributed by atoms with E-state index < -0.39 is 0 Å². The third-order valence-electron chi connectivity index (χ3n) is 0.614. The maximum atomic E-state index is 8.30. The molecule has 8 heavy (non-hydrogen) atoms. The molecule has 0 bridgehead atoms. The van der Waals surface area contributed by atoms with Gasteiger partial charge >= 0.3 is 0 Å². The number of allylic oxidation sites excluding steroid dienone is 1. The Morgan fingerprint density at radius 2 is 2.38 bits per heavy atom. The summed E-state index contributed by atoms with van der Waals surface area (Å²) in [6.07, 6.45) is 0. The van der Waals surface area contributed by atoms with Gasteiger partial charge in [0.1, 0.15) is 6.07 Å². The van der Waals surface area contributed by atoms with Gasteiger partial charge in [0.05, 0.1) is 4.91 Å². The zero-order valence-corrected chi connectivity index (χ0v) is 5.63. The van der Waals surface area contributed by atoms with E-state index in [1.807, 2.05) is 16.2 Å². The summed E-state index contributed by atoms with van der Waals surface area (Å²) in [6.45, 7) is 0. The second-order valence-corrected chi connectivity index (χ2v) is 2.85. The lowest BCUT2D eigenvalue weighted by atomic mass is 10.7. The quantitative estimate of drug-likeness (QED) is 0.517. The summed E-state index contributed by atoms with van der Waals surface area (Å²) in [5.41, 5.74) is 0. The first-order valence-electron chi connectivity index (χ1n) is 2.01. The SMILES string of the molecule is N#CC1=CSC=CS1. The third-order valence-corrected chi connectivity index (χ3v) is 2.34. The van der Waals surface area contributed by atoms with E-state index >= 15 is 0 Å². The maximum Gasteiger partial charge on any atom is 0.107 e. The van der Waals surface area contributed by atoms with Crippen LogP contribution >= 0.6 is 23.5 Å². The molecule has 3 heteroatoms. The molecular formula is C5H3NS2. The van der Waals surface area contributed by atoms with Crippen molar-refractivity contribution in [2.45, 2.75) is 0 Å². The molecule has 0 radical (unpaired) electrons. The zero-order chi connectivity index (χ0) is 5.82. The largest absolute Gasteiger partial charge is 0.192 e. The molecule has 1 heterocycles. The van der Waals surface area contributed by atoms with Crippen molar-refractivity contribution < 1.29 is 0 Å². The highest BCUT2D eigenvalue weighted by Crippen LogP contribution is 2.26. The second kappa shape index (κ2) is 2.85. The molecular weight excluding hydrogens is 138 g/mol. The summed E-state index contributed by atoms with van der Waals surface area (Å²) >= 11 is 3.00. The van der Waals surface area contributed by atoms with Crippen molar-refractivity contribution in [1.29, 1.82) is 5.26 Å². The summed E-state index contributed by atoms with van der Waals surface area (Å²) < 4.78 is 0. The minimum atomic E-state index is 0.775. The van der Waals surface area contributed by atoms with Crippen molar-refractivity contribution in [2.24, 2.45) is 0 Å². The third kappa shape index (κ3) is 1.32. The van der Waals surface area contributed by atoms with Crippen LogP contribution in [0, 0.1) is 11.3 Å². The van der Waals surface area contributed by atoms with Gasteiger partial charge in [0.2, 0.25) is 0 Å². The van der Waals surface area contributed by atoms with Gasteiger partial charge in [-0.2, -0.15) is 5.26 Å². The highest BCUT2D eigenvalue weighted by Gasteiger charge is 1.94. The van der Waals surface area contributed by atoms with Crippen LogP contribution in [0.5, 0.6) is 0 Å². The fourth-order valence-electron chi connectivity index (χ4n) is 0.315. The van der Waals surface area contributed by atoms with Gasteiger partial charge < -0.3 is 0 Å². The van der Waals surface area contributed by atoms with Gasteiger partial charge in [-0.3, -0.25) is 0 Å². The molecule has 1 aliphatic heterocycles. The lowest BCUT2D eigenvalue weighted by molar-refractivity contribution is 1.53. The van der Waals surface area contributed by atoms with Crippen LogP contribution in [-0.4, -0.2) is 0 Å². The van der Waals surface area contributed by atoms with Crippen LogP contribution in [0.3, 0.4) is 0 Å². The van der Waals surface area contributed by atoms with Gasteiger partial charge in [0.25, 0.3) is 0 Å². The first-order valence-corrected chi connectivity index (χ1v) is 3.83. The first-order chi connectivity index (χ1) is 3.93. The number of rotatable bonds is 0. The Hall–Kier alpha value is -0.330. The molecule has 0 N–H and O–H groups in total. The topological polar surface area (TPSA) is 23.8 Å². The number of hydrogen-bond acceptors (Lipinski definition) is 3. The molecule has 0 aliphatic carbocycles. The van der Waals surface area contributed by atoms with Crippen LogP contribution in [0.2, 0.25) is 0 Å². The zero-order valence-electron chi connectivity index (χ0n) is 4.00. The fraction of sp³-hybridized carbons (Fsp3) is 0. The number of thioether (sulfide) groups is 2. The molecule has 40 valence electrons. The molecule has 0 unspecified atom stereocenters. The maximum absolute atomic E-state index is 8.30. The summed E-state index contributed by atoms with van der Waals surface area (Å²) in [4.78, 5) is 0.775. The minimum Gasteiger partial charge on any atom is -0.192 e. The van der Waals surface area contributed by atoms with Crippen LogP contribution in [-0.2, 0) is 0 Å². The Bertz CT molecular complexity index is 175. The van der Waals surface area contributed by atoms with Crippen LogP contribution < -0.4 is 0 Å². The standard InChI is InChI=1S/C5H3NS2/c6-3-5-4-7-1-2-8-5/h1-2,4H. The lowest BCUT2D eigenvalue weighted by Crippen LogP contribution is -1.67. The van der Waals surface area contributed by atoms with E-state index in [0.717, 1.165) is 4.91 Å². The van der Waals surface area contributed by atoms with Gasteiger partial charge in [-0.25, -0.2) is 0 Å². The Kier molecular flexibility index (Phi) is 2.07. The fourth-order valence-corrected chi connectivity index (χ4v) is 1.64. The molecule has 1 aliphatic rings. The average Bonchev–Trinajstić information content (AvgIpc) is 1.90. The molecule has 0 fully saturated rings. The second-order valence-electron chi connectivity index (χ2n) is 1.12. The number of nitriles is 1. The summed E-state index contributed by atoms with van der Waals surface area (Å²) in [5.74, 6) is 0. The van der Waals surface area contributed by atoms with E-state index in [-0.39, 0.29) is 0 Å². The lowest BCUT2D eigenvalue weighted by Gasteiger charge is -1.94. The molecule has 1 rings (SSSR count). The Balaban J connectivity index is 2.59. The van der Waals surface area contributed by atoms with Crippen molar-refractivity contribution >= 4 is 23.5 Å². The highest BCUT2D eigenvalue weighted by atomic mass is 32.2. The normalized spacial score (nSPS) is 17.1. The summed E-state index contributed by atoms with van der Waals surface area (Å²) in [7, 11) is 0. The molecule has 0 saturated heterocycles.